The molecule has 0 amide bonds. The van der Waals surface area contributed by atoms with Gasteiger partial charge >= 0.3 is 0 Å². The van der Waals surface area contributed by atoms with Gasteiger partial charge in [0, 0.05) is 36.3 Å². The molecule has 0 radical (unpaired) electrons. The van der Waals surface area contributed by atoms with Gasteiger partial charge in [0.2, 0.25) is 0 Å². The molecule has 0 atom stereocenters. The van der Waals surface area contributed by atoms with Crippen molar-refractivity contribution in [2.24, 2.45) is 0 Å². The average Bonchev–Trinajstić information content (AvgIpc) is 2.61. The molecule has 0 heterocycles. The third kappa shape index (κ3) is 5.59. The summed E-state index contributed by atoms with van der Waals surface area (Å²) >= 11 is 0. The minimum absolute atomic E-state index is 0.0385. The Kier molecular flexibility index (Phi) is 6.26. The number of hydrogen-bond donors (Lipinski definition) is 4. The molecule has 0 aliphatic heterocycles. The summed E-state index contributed by atoms with van der Waals surface area (Å²) < 4.78 is 10.7. The fourth-order valence-electron chi connectivity index (χ4n) is 2.09. The first kappa shape index (κ1) is 18.9. The maximum Gasteiger partial charge on any atom is 0.170 e. The van der Waals surface area contributed by atoms with Crippen LogP contribution in [0.3, 0.4) is 0 Å². The number of rotatable bonds is 9. The molecular formula is C18H22N4O4. The minimum Gasteiger partial charge on any atom is -0.484 e. The van der Waals surface area contributed by atoms with E-state index in [0.717, 1.165) is 0 Å². The maximum atomic E-state index is 11.9. The van der Waals surface area contributed by atoms with Crippen molar-refractivity contribution in [3.63, 3.8) is 0 Å². The van der Waals surface area contributed by atoms with Crippen LogP contribution in [0.15, 0.2) is 36.4 Å². The van der Waals surface area contributed by atoms with E-state index in [1.165, 1.54) is 12.1 Å². The lowest BCUT2D eigenvalue weighted by Crippen LogP contribution is -2.17. The van der Waals surface area contributed by atoms with Gasteiger partial charge in [-0.15, -0.1) is 0 Å². The Balaban J connectivity index is 1.74. The van der Waals surface area contributed by atoms with Crippen LogP contribution in [0, 0.1) is 0 Å². The summed E-state index contributed by atoms with van der Waals surface area (Å²) in [5, 5.41) is 0. The van der Waals surface area contributed by atoms with Crippen molar-refractivity contribution in [2.45, 2.75) is 12.8 Å². The SMILES string of the molecule is Nc1ccc(N)c(OCC(=O)CCC(=O)COc2cc(N)ccc2N)c1. The molecule has 0 fully saturated rings. The molecule has 8 N–H and O–H groups in total. The normalized spacial score (nSPS) is 10.3. The van der Waals surface area contributed by atoms with E-state index < -0.39 is 0 Å². The van der Waals surface area contributed by atoms with E-state index >= 15 is 0 Å². The van der Waals surface area contributed by atoms with Gasteiger partial charge in [-0.25, -0.2) is 0 Å². The molecule has 0 saturated carbocycles. The summed E-state index contributed by atoms with van der Waals surface area (Å²) in [5.74, 6) is 0.211. The first-order valence-electron chi connectivity index (χ1n) is 7.94. The molecule has 0 unspecified atom stereocenters. The highest BCUT2D eigenvalue weighted by molar-refractivity contribution is 5.87. The number of nitrogen functional groups attached to an aromatic ring is 4. The summed E-state index contributed by atoms with van der Waals surface area (Å²) in [6, 6.07) is 9.54. The molecule has 0 aliphatic carbocycles. The van der Waals surface area contributed by atoms with Crippen LogP contribution < -0.4 is 32.4 Å². The molecule has 0 aromatic heterocycles. The van der Waals surface area contributed by atoms with Crippen molar-refractivity contribution in [3.05, 3.63) is 36.4 Å². The predicted molar refractivity (Wildman–Crippen MR) is 101 cm³/mol. The number of Topliss-reactive ketones (excluding diaryl/α,β-unsaturated/α-hetero) is 2. The van der Waals surface area contributed by atoms with Gasteiger partial charge in [0.15, 0.2) is 11.6 Å². The Hall–Kier alpha value is -3.42. The Labute approximate surface area is 151 Å². The van der Waals surface area contributed by atoms with Crippen LogP contribution in [0.2, 0.25) is 0 Å². The molecule has 2 aromatic carbocycles. The fraction of sp³-hybridized carbons (Fsp3) is 0.222. The van der Waals surface area contributed by atoms with Gasteiger partial charge in [0.1, 0.15) is 24.7 Å². The molecule has 8 heteroatoms. The molecule has 0 spiro atoms. The average molecular weight is 358 g/mol. The van der Waals surface area contributed by atoms with Crippen LogP contribution >= 0.6 is 0 Å². The first-order chi connectivity index (χ1) is 12.3. The zero-order valence-electron chi connectivity index (χ0n) is 14.2. The molecule has 138 valence electrons. The topological polar surface area (TPSA) is 157 Å². The molecule has 26 heavy (non-hydrogen) atoms. The largest absolute Gasteiger partial charge is 0.484 e. The van der Waals surface area contributed by atoms with E-state index in [-0.39, 0.29) is 37.6 Å². The zero-order chi connectivity index (χ0) is 19.1. The van der Waals surface area contributed by atoms with E-state index in [4.69, 9.17) is 32.4 Å². The lowest BCUT2D eigenvalue weighted by atomic mass is 10.2. The van der Waals surface area contributed by atoms with Gasteiger partial charge in [-0.05, 0) is 24.3 Å². The second kappa shape index (κ2) is 8.61. The lowest BCUT2D eigenvalue weighted by Gasteiger charge is -2.10. The summed E-state index contributed by atoms with van der Waals surface area (Å²) in [7, 11) is 0. The third-order valence-electron chi connectivity index (χ3n) is 3.54. The summed E-state index contributed by atoms with van der Waals surface area (Å²) in [6.45, 7) is -0.381. The summed E-state index contributed by atoms with van der Waals surface area (Å²) in [4.78, 5) is 23.7. The van der Waals surface area contributed by atoms with Crippen LogP contribution in [0.25, 0.3) is 0 Å². The molecular weight excluding hydrogens is 336 g/mol. The van der Waals surface area contributed by atoms with Crippen LogP contribution in [0.4, 0.5) is 22.7 Å². The van der Waals surface area contributed by atoms with Crippen molar-refractivity contribution >= 4 is 34.3 Å². The second-order valence-electron chi connectivity index (χ2n) is 5.75. The van der Waals surface area contributed by atoms with Crippen LogP contribution in [0.1, 0.15) is 12.8 Å². The molecule has 0 bridgehead atoms. The Morgan fingerprint density at radius 2 is 1.08 bits per heavy atom. The molecule has 2 rings (SSSR count). The minimum atomic E-state index is -0.233. The number of ether oxygens (including phenoxy) is 2. The molecule has 0 saturated heterocycles. The summed E-state index contributed by atoms with van der Waals surface area (Å²) in [6.07, 6.45) is 0.0770. The number of ketones is 2. The number of hydrogen-bond acceptors (Lipinski definition) is 8. The molecule has 2 aromatic rings. The highest BCUT2D eigenvalue weighted by Gasteiger charge is 2.11. The third-order valence-corrected chi connectivity index (χ3v) is 3.54. The Morgan fingerprint density at radius 1 is 0.692 bits per heavy atom. The van der Waals surface area contributed by atoms with E-state index in [9.17, 15) is 9.59 Å². The van der Waals surface area contributed by atoms with Crippen molar-refractivity contribution in [1.82, 2.24) is 0 Å². The van der Waals surface area contributed by atoms with Crippen LogP contribution in [0.5, 0.6) is 11.5 Å². The van der Waals surface area contributed by atoms with Gasteiger partial charge in [0.05, 0.1) is 11.4 Å². The van der Waals surface area contributed by atoms with Gasteiger partial charge in [-0.2, -0.15) is 0 Å². The maximum absolute atomic E-state index is 11.9. The lowest BCUT2D eigenvalue weighted by molar-refractivity contribution is -0.126. The summed E-state index contributed by atoms with van der Waals surface area (Å²) in [5.41, 5.74) is 24.5. The molecule has 0 aliphatic rings. The van der Waals surface area contributed by atoms with Crippen molar-refractivity contribution in [3.8, 4) is 11.5 Å². The number of carbonyl (C=O) groups is 2. The Morgan fingerprint density at radius 3 is 1.46 bits per heavy atom. The van der Waals surface area contributed by atoms with Gasteiger partial charge < -0.3 is 32.4 Å². The monoisotopic (exact) mass is 358 g/mol. The highest BCUT2D eigenvalue weighted by Crippen LogP contribution is 2.24. The highest BCUT2D eigenvalue weighted by atomic mass is 16.5. The smallest absolute Gasteiger partial charge is 0.170 e. The number of anilines is 4. The number of benzene rings is 2. The van der Waals surface area contributed by atoms with Crippen molar-refractivity contribution in [2.75, 3.05) is 36.1 Å². The predicted octanol–water partition coefficient (Wildman–Crippen LogP) is 1.39. The van der Waals surface area contributed by atoms with Crippen LogP contribution in [-0.4, -0.2) is 24.8 Å². The van der Waals surface area contributed by atoms with Crippen molar-refractivity contribution < 1.29 is 19.1 Å². The standard InChI is InChI=1S/C18H22N4O4/c19-11-1-5-15(21)17(7-11)25-9-13(23)3-4-14(24)10-26-18-8-12(20)2-6-16(18)22/h1-2,5-8H,3-4,9-10,19-22H2. The van der Waals surface area contributed by atoms with E-state index in [1.807, 2.05) is 0 Å². The van der Waals surface area contributed by atoms with Gasteiger partial charge in [-0.1, -0.05) is 0 Å². The molecule has 8 nitrogen and oxygen atoms in total. The fourth-order valence-corrected chi connectivity index (χ4v) is 2.09. The number of nitrogens with two attached hydrogens (primary N) is 4. The van der Waals surface area contributed by atoms with Gasteiger partial charge in [0.25, 0.3) is 0 Å². The number of carbonyl (C=O) groups excluding carboxylic acids is 2. The van der Waals surface area contributed by atoms with E-state index in [1.54, 1.807) is 24.3 Å². The van der Waals surface area contributed by atoms with E-state index in [0.29, 0.717) is 34.2 Å². The Bertz CT molecular complexity index is 740. The first-order valence-corrected chi connectivity index (χ1v) is 7.94. The quantitative estimate of drug-likeness (QED) is 0.490. The zero-order valence-corrected chi connectivity index (χ0v) is 14.2. The second-order valence-corrected chi connectivity index (χ2v) is 5.75. The van der Waals surface area contributed by atoms with Crippen molar-refractivity contribution in [1.29, 1.82) is 0 Å². The van der Waals surface area contributed by atoms with E-state index in [2.05, 4.69) is 0 Å². The van der Waals surface area contributed by atoms with Crippen LogP contribution in [-0.2, 0) is 9.59 Å². The van der Waals surface area contributed by atoms with Gasteiger partial charge in [-0.3, -0.25) is 9.59 Å².